The highest BCUT2D eigenvalue weighted by molar-refractivity contribution is 5.35. The summed E-state index contributed by atoms with van der Waals surface area (Å²) in [6, 6.07) is 7.74. The van der Waals surface area contributed by atoms with Crippen molar-refractivity contribution in [3.05, 3.63) is 41.5 Å². The van der Waals surface area contributed by atoms with Gasteiger partial charge in [0, 0.05) is 18.0 Å². The molecule has 0 saturated carbocycles. The number of nitrogens with two attached hydrogens (primary N) is 1. The molecule has 1 atom stereocenters. The molecule has 0 spiro atoms. The standard InChI is InChI=1S/C14H19N3O2/c1-3-11(15)10-7-5-6-8-12(10)18-9-14-16-13(4-2)17-19-14/h5-8,11H,3-4,9,15H2,1-2H3/t11-/m0/s1. The maximum Gasteiger partial charge on any atom is 0.264 e. The topological polar surface area (TPSA) is 74.2 Å². The lowest BCUT2D eigenvalue weighted by Gasteiger charge is -2.14. The molecular weight excluding hydrogens is 242 g/mol. The Balaban J connectivity index is 2.06. The number of nitrogens with zero attached hydrogens (tertiary/aromatic N) is 2. The van der Waals surface area contributed by atoms with Gasteiger partial charge in [-0.15, -0.1) is 0 Å². The Hall–Kier alpha value is -1.88. The van der Waals surface area contributed by atoms with Crippen molar-refractivity contribution >= 4 is 0 Å². The van der Waals surface area contributed by atoms with Crippen LogP contribution in [0.15, 0.2) is 28.8 Å². The van der Waals surface area contributed by atoms with E-state index in [2.05, 4.69) is 10.1 Å². The van der Waals surface area contributed by atoms with Crippen LogP contribution in [-0.2, 0) is 13.0 Å². The van der Waals surface area contributed by atoms with Crippen molar-refractivity contribution in [2.75, 3.05) is 0 Å². The summed E-state index contributed by atoms with van der Waals surface area (Å²) >= 11 is 0. The highest BCUT2D eigenvalue weighted by atomic mass is 16.5. The third-order valence-electron chi connectivity index (χ3n) is 2.94. The zero-order chi connectivity index (χ0) is 13.7. The number of aromatic nitrogens is 2. The van der Waals surface area contributed by atoms with Crippen LogP contribution in [0.2, 0.25) is 0 Å². The van der Waals surface area contributed by atoms with Crippen LogP contribution in [0.1, 0.15) is 43.6 Å². The van der Waals surface area contributed by atoms with Gasteiger partial charge < -0.3 is 15.0 Å². The van der Waals surface area contributed by atoms with Crippen LogP contribution in [0, 0.1) is 0 Å². The van der Waals surface area contributed by atoms with Gasteiger partial charge in [-0.2, -0.15) is 4.98 Å². The van der Waals surface area contributed by atoms with Gasteiger partial charge in [-0.25, -0.2) is 0 Å². The van der Waals surface area contributed by atoms with Gasteiger partial charge in [-0.3, -0.25) is 0 Å². The Bertz CT molecular complexity index is 525. The molecule has 19 heavy (non-hydrogen) atoms. The zero-order valence-corrected chi connectivity index (χ0v) is 11.3. The molecule has 0 aliphatic rings. The first-order valence-corrected chi connectivity index (χ1v) is 6.53. The first-order chi connectivity index (χ1) is 9.24. The molecule has 0 unspecified atom stereocenters. The van der Waals surface area contributed by atoms with Crippen LogP contribution in [0.4, 0.5) is 0 Å². The molecule has 0 aliphatic heterocycles. The van der Waals surface area contributed by atoms with Crippen LogP contribution in [0.3, 0.4) is 0 Å². The van der Waals surface area contributed by atoms with E-state index in [1.54, 1.807) is 0 Å². The van der Waals surface area contributed by atoms with Crippen molar-refractivity contribution < 1.29 is 9.26 Å². The molecule has 5 nitrogen and oxygen atoms in total. The molecule has 102 valence electrons. The number of hydrogen-bond donors (Lipinski definition) is 1. The number of hydrogen-bond acceptors (Lipinski definition) is 5. The van der Waals surface area contributed by atoms with Crippen molar-refractivity contribution in [3.8, 4) is 5.75 Å². The van der Waals surface area contributed by atoms with Crippen LogP contribution < -0.4 is 10.5 Å². The van der Waals surface area contributed by atoms with E-state index in [1.807, 2.05) is 38.1 Å². The normalized spacial score (nSPS) is 12.4. The number of aryl methyl sites for hydroxylation is 1. The van der Waals surface area contributed by atoms with E-state index in [4.69, 9.17) is 15.0 Å². The maximum atomic E-state index is 6.06. The van der Waals surface area contributed by atoms with Gasteiger partial charge in [-0.05, 0) is 12.5 Å². The van der Waals surface area contributed by atoms with Gasteiger partial charge in [-0.1, -0.05) is 37.2 Å². The Morgan fingerprint density at radius 2 is 2.11 bits per heavy atom. The molecule has 1 heterocycles. The number of ether oxygens (including phenoxy) is 1. The Kier molecular flexibility index (Phi) is 4.52. The minimum Gasteiger partial charge on any atom is -0.483 e. The molecule has 0 fully saturated rings. The van der Waals surface area contributed by atoms with E-state index in [-0.39, 0.29) is 12.6 Å². The lowest BCUT2D eigenvalue weighted by atomic mass is 10.0. The highest BCUT2D eigenvalue weighted by Crippen LogP contribution is 2.25. The van der Waals surface area contributed by atoms with E-state index < -0.39 is 0 Å². The lowest BCUT2D eigenvalue weighted by Crippen LogP contribution is -2.10. The van der Waals surface area contributed by atoms with Gasteiger partial charge >= 0.3 is 0 Å². The Morgan fingerprint density at radius 3 is 2.79 bits per heavy atom. The average molecular weight is 261 g/mol. The molecule has 0 amide bonds. The molecule has 5 heteroatoms. The van der Waals surface area contributed by atoms with Crippen LogP contribution in [-0.4, -0.2) is 10.1 Å². The third kappa shape index (κ3) is 3.32. The fourth-order valence-corrected chi connectivity index (χ4v) is 1.77. The summed E-state index contributed by atoms with van der Waals surface area (Å²) in [4.78, 5) is 4.20. The zero-order valence-electron chi connectivity index (χ0n) is 11.3. The fourth-order valence-electron chi connectivity index (χ4n) is 1.77. The quantitative estimate of drug-likeness (QED) is 0.865. The van der Waals surface area contributed by atoms with Crippen molar-refractivity contribution in [1.82, 2.24) is 10.1 Å². The molecule has 0 saturated heterocycles. The van der Waals surface area contributed by atoms with Gasteiger partial charge in [0.1, 0.15) is 5.75 Å². The van der Waals surface area contributed by atoms with E-state index in [1.165, 1.54) is 0 Å². The predicted molar refractivity (Wildman–Crippen MR) is 71.7 cm³/mol. The Morgan fingerprint density at radius 1 is 1.32 bits per heavy atom. The van der Waals surface area contributed by atoms with Crippen LogP contribution >= 0.6 is 0 Å². The molecule has 2 rings (SSSR count). The van der Waals surface area contributed by atoms with E-state index in [0.717, 1.165) is 24.2 Å². The summed E-state index contributed by atoms with van der Waals surface area (Å²) in [5.74, 6) is 1.95. The first kappa shape index (κ1) is 13.5. The highest BCUT2D eigenvalue weighted by Gasteiger charge is 2.11. The predicted octanol–water partition coefficient (Wildman–Crippen LogP) is 2.62. The first-order valence-electron chi connectivity index (χ1n) is 6.53. The van der Waals surface area contributed by atoms with Crippen molar-refractivity contribution in [2.45, 2.75) is 39.3 Å². The van der Waals surface area contributed by atoms with E-state index in [9.17, 15) is 0 Å². The number of benzene rings is 1. The van der Waals surface area contributed by atoms with Crippen LogP contribution in [0.25, 0.3) is 0 Å². The summed E-state index contributed by atoms with van der Waals surface area (Å²) in [6.07, 6.45) is 1.61. The van der Waals surface area contributed by atoms with Gasteiger partial charge in [0.05, 0.1) is 0 Å². The Labute approximate surface area is 112 Å². The summed E-state index contributed by atoms with van der Waals surface area (Å²) in [7, 11) is 0. The molecule has 0 aliphatic carbocycles. The second-order valence-electron chi connectivity index (χ2n) is 4.30. The molecule has 0 radical (unpaired) electrons. The van der Waals surface area contributed by atoms with E-state index in [0.29, 0.717) is 11.7 Å². The third-order valence-corrected chi connectivity index (χ3v) is 2.94. The summed E-state index contributed by atoms with van der Waals surface area (Å²) in [5, 5.41) is 3.83. The fraction of sp³-hybridized carbons (Fsp3) is 0.429. The minimum atomic E-state index is -0.0231. The van der Waals surface area contributed by atoms with Gasteiger partial charge in [0.15, 0.2) is 12.4 Å². The largest absolute Gasteiger partial charge is 0.483 e. The summed E-state index contributed by atoms with van der Waals surface area (Å²) < 4.78 is 10.8. The van der Waals surface area contributed by atoms with Crippen molar-refractivity contribution in [3.63, 3.8) is 0 Å². The second-order valence-corrected chi connectivity index (χ2v) is 4.30. The van der Waals surface area contributed by atoms with E-state index >= 15 is 0 Å². The van der Waals surface area contributed by atoms with Crippen LogP contribution in [0.5, 0.6) is 5.75 Å². The second kappa shape index (κ2) is 6.33. The average Bonchev–Trinajstić information content (AvgIpc) is 2.92. The molecule has 1 aromatic heterocycles. The smallest absolute Gasteiger partial charge is 0.264 e. The molecule has 2 N–H and O–H groups in total. The van der Waals surface area contributed by atoms with Gasteiger partial charge in [0.25, 0.3) is 5.89 Å². The summed E-state index contributed by atoms with van der Waals surface area (Å²) in [5.41, 5.74) is 7.06. The maximum absolute atomic E-state index is 6.06. The molecule has 0 bridgehead atoms. The van der Waals surface area contributed by atoms with Crippen molar-refractivity contribution in [1.29, 1.82) is 0 Å². The SMILES string of the molecule is CCc1noc(COc2ccccc2[C@@H](N)CC)n1. The molecule has 2 aromatic rings. The van der Waals surface area contributed by atoms with Gasteiger partial charge in [0.2, 0.25) is 0 Å². The minimum absolute atomic E-state index is 0.0231. The lowest BCUT2D eigenvalue weighted by molar-refractivity contribution is 0.239. The summed E-state index contributed by atoms with van der Waals surface area (Å²) in [6.45, 7) is 4.29. The number of para-hydroxylation sites is 1. The number of rotatable bonds is 6. The molecule has 1 aromatic carbocycles. The van der Waals surface area contributed by atoms with Crippen molar-refractivity contribution in [2.24, 2.45) is 5.73 Å². The molecular formula is C14H19N3O2. The monoisotopic (exact) mass is 261 g/mol.